The van der Waals surface area contributed by atoms with Crippen LogP contribution >= 0.6 is 0 Å². The predicted octanol–water partition coefficient (Wildman–Crippen LogP) is 1.44. The molecule has 0 saturated heterocycles. The maximum atomic E-state index is 11.3. The van der Waals surface area contributed by atoms with Crippen molar-refractivity contribution < 1.29 is 9.53 Å². The predicted molar refractivity (Wildman–Crippen MR) is 59.9 cm³/mol. The number of nitrogens with two attached hydrogens (primary N) is 1. The number of nitrogens with zero attached hydrogens (tertiary/aromatic N) is 2. The first kappa shape index (κ1) is 11.0. The molecule has 1 aromatic heterocycles. The first-order valence-electron chi connectivity index (χ1n) is 5.62. The van der Waals surface area contributed by atoms with Crippen molar-refractivity contribution in [2.45, 2.75) is 32.2 Å². The molecule has 0 spiro atoms. The minimum absolute atomic E-state index is 0.223. The summed E-state index contributed by atoms with van der Waals surface area (Å²) >= 11 is 0. The van der Waals surface area contributed by atoms with E-state index in [4.69, 9.17) is 5.73 Å². The molecule has 88 valence electrons. The van der Waals surface area contributed by atoms with Crippen molar-refractivity contribution in [2.75, 3.05) is 12.8 Å². The molecule has 1 heterocycles. The van der Waals surface area contributed by atoms with Gasteiger partial charge in [-0.15, -0.1) is 0 Å². The van der Waals surface area contributed by atoms with Crippen LogP contribution < -0.4 is 5.73 Å². The van der Waals surface area contributed by atoms with E-state index in [0.717, 1.165) is 6.54 Å². The minimum atomic E-state index is -0.470. The highest BCUT2D eigenvalue weighted by molar-refractivity contribution is 5.92. The second-order valence-electron chi connectivity index (χ2n) is 4.30. The highest BCUT2D eigenvalue weighted by atomic mass is 16.5. The first-order valence-corrected chi connectivity index (χ1v) is 5.62. The molecule has 0 unspecified atom stereocenters. The van der Waals surface area contributed by atoms with Gasteiger partial charge >= 0.3 is 5.97 Å². The summed E-state index contributed by atoms with van der Waals surface area (Å²) in [6.45, 7) is 0.848. The van der Waals surface area contributed by atoms with E-state index >= 15 is 0 Å². The zero-order valence-corrected chi connectivity index (χ0v) is 9.48. The van der Waals surface area contributed by atoms with Crippen molar-refractivity contribution in [3.63, 3.8) is 0 Å². The average molecular weight is 223 g/mol. The Labute approximate surface area is 94.6 Å². The fourth-order valence-electron chi connectivity index (χ4n) is 2.24. The maximum Gasteiger partial charge on any atom is 0.360 e. The van der Waals surface area contributed by atoms with Crippen LogP contribution in [-0.2, 0) is 11.3 Å². The molecule has 2 N–H and O–H groups in total. The number of anilines is 1. The van der Waals surface area contributed by atoms with Crippen molar-refractivity contribution >= 4 is 11.7 Å². The first-order chi connectivity index (χ1) is 7.70. The van der Waals surface area contributed by atoms with Crippen molar-refractivity contribution in [1.29, 1.82) is 0 Å². The molecule has 0 amide bonds. The van der Waals surface area contributed by atoms with Gasteiger partial charge in [-0.3, -0.25) is 4.68 Å². The Morgan fingerprint density at radius 3 is 2.94 bits per heavy atom. The molecule has 1 aromatic rings. The molecule has 0 bridgehead atoms. The molecule has 1 saturated carbocycles. The highest BCUT2D eigenvalue weighted by Crippen LogP contribution is 2.26. The van der Waals surface area contributed by atoms with Gasteiger partial charge in [-0.1, -0.05) is 12.8 Å². The topological polar surface area (TPSA) is 70.1 Å². The molecule has 1 aliphatic rings. The lowest BCUT2D eigenvalue weighted by Crippen LogP contribution is -2.10. The number of nitrogen functional groups attached to an aromatic ring is 1. The number of aromatic nitrogens is 2. The number of rotatable bonds is 3. The number of hydrogen-bond acceptors (Lipinski definition) is 4. The lowest BCUT2D eigenvalue weighted by molar-refractivity contribution is 0.0594. The van der Waals surface area contributed by atoms with E-state index in [9.17, 15) is 4.79 Å². The normalized spacial score (nSPS) is 16.6. The van der Waals surface area contributed by atoms with E-state index in [1.54, 1.807) is 10.9 Å². The van der Waals surface area contributed by atoms with Crippen molar-refractivity contribution in [1.82, 2.24) is 9.78 Å². The van der Waals surface area contributed by atoms with Gasteiger partial charge < -0.3 is 10.5 Å². The Balaban J connectivity index is 2.07. The molecular weight excluding hydrogens is 206 g/mol. The number of carbonyl (C=O) groups excluding carboxylic acids is 1. The van der Waals surface area contributed by atoms with Crippen LogP contribution in [0.2, 0.25) is 0 Å². The zero-order valence-electron chi connectivity index (χ0n) is 9.48. The Hall–Kier alpha value is -1.52. The number of hydrogen-bond donors (Lipinski definition) is 1. The standard InChI is InChI=1S/C11H17N3O2/c1-16-11(15)10-9(12)7-14(13-10)6-8-4-2-3-5-8/h7-8H,2-6,12H2,1H3. The summed E-state index contributed by atoms with van der Waals surface area (Å²) < 4.78 is 6.37. The van der Waals surface area contributed by atoms with Gasteiger partial charge in [0, 0.05) is 12.7 Å². The maximum absolute atomic E-state index is 11.3. The van der Waals surface area contributed by atoms with Crippen LogP contribution in [-0.4, -0.2) is 22.9 Å². The SMILES string of the molecule is COC(=O)c1nn(CC2CCCC2)cc1N. The van der Waals surface area contributed by atoms with Crippen LogP contribution in [0, 0.1) is 5.92 Å². The summed E-state index contributed by atoms with van der Waals surface area (Å²) in [5.41, 5.74) is 6.32. The third kappa shape index (κ3) is 2.18. The number of ether oxygens (including phenoxy) is 1. The lowest BCUT2D eigenvalue weighted by Gasteiger charge is -2.07. The van der Waals surface area contributed by atoms with Crippen LogP contribution in [0.5, 0.6) is 0 Å². The summed E-state index contributed by atoms with van der Waals surface area (Å²) in [5.74, 6) is 0.201. The van der Waals surface area contributed by atoms with Crippen molar-refractivity contribution in [3.05, 3.63) is 11.9 Å². The van der Waals surface area contributed by atoms with Gasteiger partial charge in [-0.05, 0) is 18.8 Å². The Bertz CT molecular complexity index is 381. The second-order valence-corrected chi connectivity index (χ2v) is 4.30. The van der Waals surface area contributed by atoms with Crippen LogP contribution in [0.25, 0.3) is 0 Å². The van der Waals surface area contributed by atoms with Gasteiger partial charge in [-0.25, -0.2) is 4.79 Å². The summed E-state index contributed by atoms with van der Waals surface area (Å²) in [6.07, 6.45) is 6.79. The Morgan fingerprint density at radius 2 is 2.31 bits per heavy atom. The third-order valence-electron chi connectivity index (χ3n) is 3.09. The van der Waals surface area contributed by atoms with Gasteiger partial charge in [0.2, 0.25) is 0 Å². The van der Waals surface area contributed by atoms with E-state index in [0.29, 0.717) is 11.6 Å². The largest absolute Gasteiger partial charge is 0.464 e. The summed E-state index contributed by atoms with van der Waals surface area (Å²) in [7, 11) is 1.33. The van der Waals surface area contributed by atoms with Gasteiger partial charge in [-0.2, -0.15) is 5.10 Å². The Morgan fingerprint density at radius 1 is 1.62 bits per heavy atom. The number of carbonyl (C=O) groups is 1. The third-order valence-corrected chi connectivity index (χ3v) is 3.09. The summed E-state index contributed by atoms with van der Waals surface area (Å²) in [4.78, 5) is 11.3. The van der Waals surface area contributed by atoms with E-state index in [1.165, 1.54) is 32.8 Å². The van der Waals surface area contributed by atoms with E-state index in [1.807, 2.05) is 0 Å². The van der Waals surface area contributed by atoms with E-state index < -0.39 is 5.97 Å². The molecule has 1 aliphatic carbocycles. The van der Waals surface area contributed by atoms with Crippen LogP contribution in [0.1, 0.15) is 36.2 Å². The van der Waals surface area contributed by atoms with Crippen LogP contribution in [0.3, 0.4) is 0 Å². The monoisotopic (exact) mass is 223 g/mol. The lowest BCUT2D eigenvalue weighted by atomic mass is 10.1. The molecule has 1 fully saturated rings. The molecule has 0 aromatic carbocycles. The summed E-state index contributed by atoms with van der Waals surface area (Å²) in [6, 6.07) is 0. The second kappa shape index (κ2) is 4.55. The molecule has 16 heavy (non-hydrogen) atoms. The molecule has 2 rings (SSSR count). The smallest absolute Gasteiger partial charge is 0.360 e. The van der Waals surface area contributed by atoms with Gasteiger partial charge in [0.1, 0.15) is 0 Å². The van der Waals surface area contributed by atoms with Crippen molar-refractivity contribution in [2.24, 2.45) is 5.92 Å². The summed E-state index contributed by atoms with van der Waals surface area (Å²) in [5, 5.41) is 4.16. The molecular formula is C11H17N3O2. The zero-order chi connectivity index (χ0) is 11.5. The van der Waals surface area contributed by atoms with Gasteiger partial charge in [0.25, 0.3) is 0 Å². The highest BCUT2D eigenvalue weighted by Gasteiger charge is 2.19. The molecule has 0 radical (unpaired) electrons. The van der Waals surface area contributed by atoms with Crippen molar-refractivity contribution in [3.8, 4) is 0 Å². The number of methoxy groups -OCH3 is 1. The quantitative estimate of drug-likeness (QED) is 0.787. The van der Waals surface area contributed by atoms with Crippen LogP contribution in [0.15, 0.2) is 6.20 Å². The van der Waals surface area contributed by atoms with E-state index in [-0.39, 0.29) is 5.69 Å². The average Bonchev–Trinajstić information content (AvgIpc) is 2.88. The molecule has 0 atom stereocenters. The van der Waals surface area contributed by atoms with Gasteiger partial charge in [0.05, 0.1) is 12.8 Å². The number of esters is 1. The molecule has 0 aliphatic heterocycles. The Kier molecular flexibility index (Phi) is 3.12. The fraction of sp³-hybridized carbons (Fsp3) is 0.636. The molecule has 5 heteroatoms. The van der Waals surface area contributed by atoms with Gasteiger partial charge in [0.15, 0.2) is 5.69 Å². The van der Waals surface area contributed by atoms with E-state index in [2.05, 4.69) is 9.84 Å². The van der Waals surface area contributed by atoms with Crippen LogP contribution in [0.4, 0.5) is 5.69 Å². The minimum Gasteiger partial charge on any atom is -0.464 e. The fourth-order valence-corrected chi connectivity index (χ4v) is 2.24. The molecule has 5 nitrogen and oxygen atoms in total.